The van der Waals surface area contributed by atoms with Crippen LogP contribution in [0, 0.1) is 12.8 Å². The molecule has 2 aliphatic heterocycles. The van der Waals surface area contributed by atoms with Crippen LogP contribution in [0.4, 0.5) is 0 Å². The molecule has 1 aliphatic carbocycles. The van der Waals surface area contributed by atoms with Crippen LogP contribution in [-0.4, -0.2) is 57.0 Å². The number of esters is 1. The summed E-state index contributed by atoms with van der Waals surface area (Å²) in [5, 5.41) is 0. The number of allylic oxidation sites excluding steroid dienone is 1. The Morgan fingerprint density at radius 3 is 2.72 bits per heavy atom. The third kappa shape index (κ3) is 4.59. The second-order valence-electron chi connectivity index (χ2n) is 10.0. The lowest BCUT2D eigenvalue weighted by Crippen LogP contribution is -2.55. The summed E-state index contributed by atoms with van der Waals surface area (Å²) < 4.78 is 24.0. The molecular weight excluding hydrogens is 403 g/mol. The Bertz CT molecular complexity index is 930. The van der Waals surface area contributed by atoms with Gasteiger partial charge in [0.2, 0.25) is 0 Å². The zero-order valence-electron chi connectivity index (χ0n) is 20.1. The van der Waals surface area contributed by atoms with E-state index in [1.54, 1.807) is 7.11 Å². The Morgan fingerprint density at radius 1 is 1.34 bits per heavy atom. The van der Waals surface area contributed by atoms with Crippen molar-refractivity contribution in [3.05, 3.63) is 47.1 Å². The Hall–Kier alpha value is -1.89. The monoisotopic (exact) mass is 438 g/mol. The van der Waals surface area contributed by atoms with Crippen LogP contribution in [-0.2, 0) is 23.7 Å². The lowest BCUT2D eigenvalue weighted by Gasteiger charge is -2.42. The zero-order valence-corrected chi connectivity index (χ0v) is 20.1. The number of rotatable bonds is 7. The Kier molecular flexibility index (Phi) is 6.41. The van der Waals surface area contributed by atoms with Gasteiger partial charge in [0.15, 0.2) is 0 Å². The van der Waals surface area contributed by atoms with Gasteiger partial charge in [-0.25, -0.2) is 4.79 Å². The van der Waals surface area contributed by atoms with Gasteiger partial charge in [-0.2, -0.15) is 0 Å². The summed E-state index contributed by atoms with van der Waals surface area (Å²) in [6, 6.07) is 6.14. The number of ether oxygens (including phenoxy) is 4. The molecule has 0 amide bonds. The number of epoxide rings is 2. The third-order valence-electron chi connectivity index (χ3n) is 7.45. The average Bonchev–Trinajstić information content (AvgIpc) is 3.66. The number of aryl methyl sites for hydroxylation is 1. The molecule has 4 rings (SSSR count). The van der Waals surface area contributed by atoms with Crippen molar-refractivity contribution in [1.29, 1.82) is 0 Å². The molecular formula is C26H35BO5. The van der Waals surface area contributed by atoms with Crippen LogP contribution in [0.15, 0.2) is 35.9 Å². The lowest BCUT2D eigenvalue weighted by atomic mass is 9.68. The number of hydrogen-bond acceptors (Lipinski definition) is 5. The van der Waals surface area contributed by atoms with Gasteiger partial charge in [0, 0.05) is 13.2 Å². The van der Waals surface area contributed by atoms with E-state index in [1.165, 1.54) is 22.7 Å². The number of methoxy groups -OCH3 is 1. The first-order valence-electron chi connectivity index (χ1n) is 11.6. The van der Waals surface area contributed by atoms with Crippen molar-refractivity contribution >= 4 is 25.4 Å². The molecule has 2 heterocycles. The van der Waals surface area contributed by atoms with Crippen LogP contribution in [0.5, 0.6) is 0 Å². The molecule has 0 unspecified atom stereocenters. The molecule has 1 saturated carbocycles. The highest BCUT2D eigenvalue weighted by atomic mass is 16.6. The standard InChI is InChI=1S/C26H35BO5/c1-16(2)6-10-21-25(4,32-21)24-23(29-5)20(12-13-26(24)15-30-26)31-22(28)11-8-18-7-9-19(27)17(3)14-18/h6-9,11,14,20-21,23-24H,10,12-13,15,27H2,1-5H3/b11-8+/t20-,21-,23-,24-,25+,26+/m1/s1. The maximum atomic E-state index is 12.7. The van der Waals surface area contributed by atoms with Gasteiger partial charge in [-0.1, -0.05) is 40.9 Å². The van der Waals surface area contributed by atoms with E-state index >= 15 is 0 Å². The predicted molar refractivity (Wildman–Crippen MR) is 128 cm³/mol. The highest BCUT2D eigenvalue weighted by molar-refractivity contribution is 6.33. The van der Waals surface area contributed by atoms with Gasteiger partial charge in [-0.3, -0.25) is 0 Å². The van der Waals surface area contributed by atoms with Gasteiger partial charge >= 0.3 is 5.97 Å². The second-order valence-corrected chi connectivity index (χ2v) is 10.0. The van der Waals surface area contributed by atoms with E-state index < -0.39 is 0 Å². The van der Waals surface area contributed by atoms with Crippen molar-refractivity contribution in [1.82, 2.24) is 0 Å². The molecule has 6 heteroatoms. The molecule has 32 heavy (non-hydrogen) atoms. The molecule has 3 aliphatic rings. The first kappa shape index (κ1) is 23.3. The molecule has 1 aromatic carbocycles. The summed E-state index contributed by atoms with van der Waals surface area (Å²) in [4.78, 5) is 12.7. The molecule has 0 N–H and O–H groups in total. The minimum Gasteiger partial charge on any atom is -0.456 e. The van der Waals surface area contributed by atoms with Gasteiger partial charge < -0.3 is 18.9 Å². The summed E-state index contributed by atoms with van der Waals surface area (Å²) in [5.74, 6) is -0.310. The number of benzene rings is 1. The molecule has 0 aromatic heterocycles. The van der Waals surface area contributed by atoms with Crippen molar-refractivity contribution < 1.29 is 23.7 Å². The van der Waals surface area contributed by atoms with E-state index in [0.717, 1.165) is 31.4 Å². The molecule has 1 spiro atoms. The van der Waals surface area contributed by atoms with E-state index in [-0.39, 0.29) is 41.4 Å². The van der Waals surface area contributed by atoms with E-state index in [9.17, 15) is 4.79 Å². The molecule has 0 radical (unpaired) electrons. The molecule has 172 valence electrons. The highest BCUT2D eigenvalue weighted by Crippen LogP contribution is 2.59. The van der Waals surface area contributed by atoms with Crippen LogP contribution in [0.3, 0.4) is 0 Å². The van der Waals surface area contributed by atoms with Crippen molar-refractivity contribution in [2.75, 3.05) is 13.7 Å². The third-order valence-corrected chi connectivity index (χ3v) is 7.45. The maximum Gasteiger partial charge on any atom is 0.331 e. The molecule has 5 nitrogen and oxygen atoms in total. The maximum absolute atomic E-state index is 12.7. The fourth-order valence-corrected chi connectivity index (χ4v) is 5.29. The summed E-state index contributed by atoms with van der Waals surface area (Å²) in [7, 11) is 3.77. The lowest BCUT2D eigenvalue weighted by molar-refractivity contribution is -0.166. The first-order chi connectivity index (χ1) is 15.2. The van der Waals surface area contributed by atoms with Crippen molar-refractivity contribution in [3.63, 3.8) is 0 Å². The predicted octanol–water partition coefficient (Wildman–Crippen LogP) is 2.89. The van der Waals surface area contributed by atoms with Crippen LogP contribution < -0.4 is 5.46 Å². The van der Waals surface area contributed by atoms with Gasteiger partial charge in [-0.15, -0.1) is 0 Å². The highest BCUT2D eigenvalue weighted by Gasteiger charge is 2.72. The minimum atomic E-state index is -0.343. The quantitative estimate of drug-likeness (QED) is 0.216. The Morgan fingerprint density at radius 2 is 2.09 bits per heavy atom. The Balaban J connectivity index is 1.45. The van der Waals surface area contributed by atoms with Gasteiger partial charge in [0.25, 0.3) is 0 Å². The second kappa shape index (κ2) is 8.81. The molecule has 0 bridgehead atoms. The topological polar surface area (TPSA) is 60.6 Å². The summed E-state index contributed by atoms with van der Waals surface area (Å²) >= 11 is 0. The van der Waals surface area contributed by atoms with E-state index in [1.807, 2.05) is 12.1 Å². The van der Waals surface area contributed by atoms with Crippen molar-refractivity contribution in [3.8, 4) is 0 Å². The molecule has 2 saturated heterocycles. The number of carbonyl (C=O) groups excluding carboxylic acids is 1. The van der Waals surface area contributed by atoms with Crippen LogP contribution >= 0.6 is 0 Å². The number of hydrogen-bond donors (Lipinski definition) is 0. The van der Waals surface area contributed by atoms with E-state index in [2.05, 4.69) is 53.7 Å². The SMILES string of the molecule is Bc1ccc(/C=C/C(=O)O[C@@H]2CC[C@]3(CO3)[C@@H]([C@@]3(C)O[C@@H]3CC=C(C)C)[C@@H]2OC)cc1C. The van der Waals surface area contributed by atoms with E-state index in [4.69, 9.17) is 18.9 Å². The molecule has 6 atom stereocenters. The van der Waals surface area contributed by atoms with Gasteiger partial charge in [-0.05, 0) is 58.6 Å². The van der Waals surface area contributed by atoms with Crippen molar-refractivity contribution in [2.24, 2.45) is 5.92 Å². The smallest absolute Gasteiger partial charge is 0.331 e. The average molecular weight is 438 g/mol. The fourth-order valence-electron chi connectivity index (χ4n) is 5.29. The van der Waals surface area contributed by atoms with E-state index in [0.29, 0.717) is 0 Å². The molecule has 1 aromatic rings. The largest absolute Gasteiger partial charge is 0.456 e. The van der Waals surface area contributed by atoms with Gasteiger partial charge in [0.05, 0.1) is 18.6 Å². The number of carbonyl (C=O) groups is 1. The van der Waals surface area contributed by atoms with Crippen LogP contribution in [0.1, 0.15) is 51.2 Å². The van der Waals surface area contributed by atoms with Crippen LogP contribution in [0.2, 0.25) is 0 Å². The van der Waals surface area contributed by atoms with Gasteiger partial charge in [0.1, 0.15) is 31.3 Å². The van der Waals surface area contributed by atoms with Crippen LogP contribution in [0.25, 0.3) is 6.08 Å². The summed E-state index contributed by atoms with van der Waals surface area (Å²) in [6.45, 7) is 9.15. The normalized spacial score (nSPS) is 35.7. The summed E-state index contributed by atoms with van der Waals surface area (Å²) in [6.07, 6.45) is 7.56. The fraction of sp³-hybridized carbons (Fsp3) is 0.577. The summed E-state index contributed by atoms with van der Waals surface area (Å²) in [5.41, 5.74) is 4.16. The molecule has 3 fully saturated rings. The Labute approximate surface area is 192 Å². The minimum absolute atomic E-state index is 0.0332. The first-order valence-corrected chi connectivity index (χ1v) is 11.6. The zero-order chi connectivity index (χ0) is 23.1. The van der Waals surface area contributed by atoms with Crippen molar-refractivity contribution in [2.45, 2.75) is 76.5 Å².